The molecule has 0 bridgehead atoms. The van der Waals surface area contributed by atoms with Crippen LogP contribution in [0.3, 0.4) is 0 Å². The summed E-state index contributed by atoms with van der Waals surface area (Å²) in [4.78, 5) is 0. The van der Waals surface area contributed by atoms with Gasteiger partial charge in [-0.1, -0.05) is 67.6 Å². The number of hydrogen-bond donors (Lipinski definition) is 0. The van der Waals surface area contributed by atoms with Gasteiger partial charge in [-0.15, -0.1) is 0 Å². The van der Waals surface area contributed by atoms with E-state index in [9.17, 15) is 0 Å². The van der Waals surface area contributed by atoms with Crippen molar-refractivity contribution in [2.24, 2.45) is 0 Å². The van der Waals surface area contributed by atoms with Crippen LogP contribution in [0.4, 0.5) is 0 Å². The fraction of sp³-hybridized carbons (Fsp3) is 0.294. The van der Waals surface area contributed by atoms with Crippen molar-refractivity contribution in [3.63, 3.8) is 0 Å². The summed E-state index contributed by atoms with van der Waals surface area (Å²) in [6.45, 7) is 2.32. The van der Waals surface area contributed by atoms with Crippen molar-refractivity contribution in [3.05, 3.63) is 71.8 Å². The lowest BCUT2D eigenvalue weighted by molar-refractivity contribution is 0.638. The Balaban J connectivity index is 1.94. The van der Waals surface area contributed by atoms with Crippen LogP contribution in [0, 0.1) is 0 Å². The Kier molecular flexibility index (Phi) is 2.51. The summed E-state index contributed by atoms with van der Waals surface area (Å²) in [7, 11) is 0. The van der Waals surface area contributed by atoms with Crippen LogP contribution >= 0.6 is 0 Å². The summed E-state index contributed by atoms with van der Waals surface area (Å²) in [6, 6.07) is 21.9. The molecule has 0 spiro atoms. The van der Waals surface area contributed by atoms with E-state index in [0.717, 1.165) is 5.92 Å². The third-order valence-corrected chi connectivity index (χ3v) is 4.26. The summed E-state index contributed by atoms with van der Waals surface area (Å²) in [6.07, 6.45) is 2.54. The van der Waals surface area contributed by atoms with Gasteiger partial charge in [-0.05, 0) is 29.9 Å². The lowest BCUT2D eigenvalue weighted by atomic mass is 9.88. The lowest BCUT2D eigenvalue weighted by Gasteiger charge is -2.16. The van der Waals surface area contributed by atoms with E-state index in [0.29, 0.717) is 5.41 Å². The molecule has 0 heteroatoms. The van der Waals surface area contributed by atoms with E-state index < -0.39 is 0 Å². The Morgan fingerprint density at radius 1 is 0.941 bits per heavy atom. The van der Waals surface area contributed by atoms with Gasteiger partial charge in [0.2, 0.25) is 0 Å². The molecule has 2 aromatic carbocycles. The van der Waals surface area contributed by atoms with E-state index >= 15 is 0 Å². The number of benzene rings is 2. The first-order valence-corrected chi connectivity index (χ1v) is 6.47. The van der Waals surface area contributed by atoms with Crippen LogP contribution in [-0.4, -0.2) is 0 Å². The molecule has 0 aliphatic heterocycles. The van der Waals surface area contributed by atoms with E-state index in [1.165, 1.54) is 24.0 Å². The van der Waals surface area contributed by atoms with Crippen LogP contribution in [0.5, 0.6) is 0 Å². The second-order valence-electron chi connectivity index (χ2n) is 5.04. The summed E-state index contributed by atoms with van der Waals surface area (Å²) < 4.78 is 0. The van der Waals surface area contributed by atoms with Crippen LogP contribution in [0.25, 0.3) is 0 Å². The molecular formula is C17H18. The van der Waals surface area contributed by atoms with Crippen molar-refractivity contribution in [2.45, 2.75) is 31.1 Å². The van der Waals surface area contributed by atoms with Crippen LogP contribution in [0.2, 0.25) is 0 Å². The van der Waals surface area contributed by atoms with E-state index in [1.807, 2.05) is 0 Å². The van der Waals surface area contributed by atoms with Gasteiger partial charge in [0.1, 0.15) is 0 Å². The molecule has 1 saturated carbocycles. The van der Waals surface area contributed by atoms with Crippen molar-refractivity contribution >= 4 is 0 Å². The Hall–Kier alpha value is -1.56. The Labute approximate surface area is 103 Å². The van der Waals surface area contributed by atoms with E-state index in [-0.39, 0.29) is 0 Å². The van der Waals surface area contributed by atoms with Gasteiger partial charge in [-0.3, -0.25) is 0 Å². The molecule has 0 heterocycles. The fourth-order valence-corrected chi connectivity index (χ4v) is 3.11. The molecule has 0 aromatic heterocycles. The highest BCUT2D eigenvalue weighted by Crippen LogP contribution is 2.62. The van der Waals surface area contributed by atoms with Gasteiger partial charge in [0.15, 0.2) is 0 Å². The van der Waals surface area contributed by atoms with E-state index in [2.05, 4.69) is 67.6 Å². The van der Waals surface area contributed by atoms with Crippen molar-refractivity contribution in [3.8, 4) is 0 Å². The van der Waals surface area contributed by atoms with Crippen LogP contribution in [-0.2, 0) is 5.41 Å². The molecule has 0 saturated heterocycles. The SMILES string of the molecule is CCC1(c2ccccc2)CC1c1ccccc1. The number of rotatable bonds is 3. The summed E-state index contributed by atoms with van der Waals surface area (Å²) in [5, 5.41) is 0. The molecular weight excluding hydrogens is 204 g/mol. The number of hydrogen-bond acceptors (Lipinski definition) is 0. The maximum Gasteiger partial charge on any atom is 0.00254 e. The predicted molar refractivity (Wildman–Crippen MR) is 72.2 cm³/mol. The zero-order valence-electron chi connectivity index (χ0n) is 10.3. The summed E-state index contributed by atoms with van der Waals surface area (Å²) in [5.41, 5.74) is 3.41. The summed E-state index contributed by atoms with van der Waals surface area (Å²) in [5.74, 6) is 0.719. The molecule has 0 amide bonds. The smallest absolute Gasteiger partial charge is 0.00254 e. The average Bonchev–Trinajstić information content (AvgIpc) is 3.17. The Bertz CT molecular complexity index is 486. The Morgan fingerprint density at radius 3 is 2.12 bits per heavy atom. The zero-order chi connectivity index (χ0) is 11.7. The van der Waals surface area contributed by atoms with Crippen molar-refractivity contribution in [1.29, 1.82) is 0 Å². The molecule has 0 radical (unpaired) electrons. The van der Waals surface area contributed by atoms with Gasteiger partial charge in [0.25, 0.3) is 0 Å². The first-order valence-electron chi connectivity index (χ1n) is 6.47. The molecule has 0 nitrogen and oxygen atoms in total. The van der Waals surface area contributed by atoms with Gasteiger partial charge in [-0.2, -0.15) is 0 Å². The third-order valence-electron chi connectivity index (χ3n) is 4.26. The minimum Gasteiger partial charge on any atom is -0.0645 e. The first kappa shape index (κ1) is 10.6. The molecule has 1 aliphatic carbocycles. The monoisotopic (exact) mass is 222 g/mol. The third kappa shape index (κ3) is 1.68. The molecule has 0 N–H and O–H groups in total. The molecule has 1 aliphatic rings. The van der Waals surface area contributed by atoms with E-state index in [4.69, 9.17) is 0 Å². The van der Waals surface area contributed by atoms with Crippen molar-refractivity contribution in [2.75, 3.05) is 0 Å². The molecule has 2 atom stereocenters. The van der Waals surface area contributed by atoms with Crippen molar-refractivity contribution < 1.29 is 0 Å². The minimum atomic E-state index is 0.405. The molecule has 3 rings (SSSR count). The highest BCUT2D eigenvalue weighted by atomic mass is 14.6. The fourth-order valence-electron chi connectivity index (χ4n) is 3.11. The standard InChI is InChI=1S/C17H18/c1-2-17(15-11-7-4-8-12-15)13-16(17)14-9-5-3-6-10-14/h3-12,16H,2,13H2,1H3. The molecule has 86 valence electrons. The highest BCUT2D eigenvalue weighted by molar-refractivity contribution is 5.42. The molecule has 2 unspecified atom stereocenters. The topological polar surface area (TPSA) is 0 Å². The first-order chi connectivity index (χ1) is 8.37. The van der Waals surface area contributed by atoms with E-state index in [1.54, 1.807) is 0 Å². The second kappa shape index (κ2) is 4.03. The second-order valence-corrected chi connectivity index (χ2v) is 5.04. The van der Waals surface area contributed by atoms with Crippen LogP contribution in [0.15, 0.2) is 60.7 Å². The quantitative estimate of drug-likeness (QED) is 0.716. The minimum absolute atomic E-state index is 0.405. The molecule has 17 heavy (non-hydrogen) atoms. The maximum absolute atomic E-state index is 2.32. The van der Waals surface area contributed by atoms with Gasteiger partial charge in [0.05, 0.1) is 0 Å². The Morgan fingerprint density at radius 2 is 1.53 bits per heavy atom. The largest absolute Gasteiger partial charge is 0.0645 e. The summed E-state index contributed by atoms with van der Waals surface area (Å²) >= 11 is 0. The van der Waals surface area contributed by atoms with Gasteiger partial charge < -0.3 is 0 Å². The van der Waals surface area contributed by atoms with Crippen molar-refractivity contribution in [1.82, 2.24) is 0 Å². The molecule has 1 fully saturated rings. The van der Waals surface area contributed by atoms with Gasteiger partial charge in [-0.25, -0.2) is 0 Å². The zero-order valence-corrected chi connectivity index (χ0v) is 10.3. The average molecular weight is 222 g/mol. The van der Waals surface area contributed by atoms with Gasteiger partial charge >= 0.3 is 0 Å². The predicted octanol–water partition coefficient (Wildman–Crippen LogP) is 4.52. The van der Waals surface area contributed by atoms with Gasteiger partial charge in [0, 0.05) is 5.41 Å². The normalized spacial score (nSPS) is 26.8. The van der Waals surface area contributed by atoms with Crippen LogP contribution < -0.4 is 0 Å². The molecule has 2 aromatic rings. The maximum atomic E-state index is 2.32. The lowest BCUT2D eigenvalue weighted by Crippen LogP contribution is -2.07. The van der Waals surface area contributed by atoms with Crippen LogP contribution in [0.1, 0.15) is 36.8 Å². The highest BCUT2D eigenvalue weighted by Gasteiger charge is 2.53.